The number of imide groups is 1. The van der Waals surface area contributed by atoms with Crippen LogP contribution in [0.5, 0.6) is 5.75 Å². The Morgan fingerprint density at radius 3 is 2.33 bits per heavy atom. The van der Waals surface area contributed by atoms with E-state index in [1.165, 1.54) is 38.4 Å². The van der Waals surface area contributed by atoms with Gasteiger partial charge in [0.15, 0.2) is 0 Å². The summed E-state index contributed by atoms with van der Waals surface area (Å²) in [6.45, 7) is 0. The fourth-order valence-electron chi connectivity index (χ4n) is 2.52. The zero-order valence-electron chi connectivity index (χ0n) is 13.2. The molecule has 0 saturated carbocycles. The van der Waals surface area contributed by atoms with Gasteiger partial charge in [-0.05, 0) is 29.8 Å². The zero-order chi connectivity index (χ0) is 17.3. The lowest BCUT2D eigenvalue weighted by molar-refractivity contribution is -0.135. The molecule has 0 saturated heterocycles. The van der Waals surface area contributed by atoms with Crippen molar-refractivity contribution < 1.29 is 18.7 Å². The van der Waals surface area contributed by atoms with Gasteiger partial charge in [0.2, 0.25) is 0 Å². The molecule has 0 unspecified atom stereocenters. The summed E-state index contributed by atoms with van der Waals surface area (Å²) in [6, 6.07) is 12.5. The Kier molecular flexibility index (Phi) is 4.04. The largest absolute Gasteiger partial charge is 0.495 e. The molecule has 0 aliphatic carbocycles. The first-order chi connectivity index (χ1) is 11.5. The summed E-state index contributed by atoms with van der Waals surface area (Å²) in [6.07, 6.45) is 0. The van der Waals surface area contributed by atoms with Gasteiger partial charge in [0.05, 0.1) is 18.4 Å². The molecule has 0 atom stereocenters. The molecule has 0 radical (unpaired) electrons. The number of carbonyl (C=O) groups is 2. The lowest BCUT2D eigenvalue weighted by Gasteiger charge is -2.12. The van der Waals surface area contributed by atoms with Gasteiger partial charge in [-0.3, -0.25) is 14.5 Å². The number of halogens is 1. The highest BCUT2D eigenvalue weighted by Gasteiger charge is 2.37. The van der Waals surface area contributed by atoms with Crippen LogP contribution in [-0.2, 0) is 9.59 Å². The van der Waals surface area contributed by atoms with Crippen molar-refractivity contribution in [3.05, 3.63) is 65.6 Å². The Balaban J connectivity index is 2.10. The number of hydrogen-bond acceptors (Lipinski definition) is 4. The fraction of sp³-hybridized carbons (Fsp3) is 0.111. The third-order valence-corrected chi connectivity index (χ3v) is 3.79. The van der Waals surface area contributed by atoms with Crippen LogP contribution in [0.3, 0.4) is 0 Å². The van der Waals surface area contributed by atoms with Gasteiger partial charge in [-0.25, -0.2) is 4.39 Å². The third-order valence-electron chi connectivity index (χ3n) is 3.79. The molecule has 5 nitrogen and oxygen atoms in total. The Hall–Kier alpha value is -3.15. The van der Waals surface area contributed by atoms with Gasteiger partial charge in [0.25, 0.3) is 11.8 Å². The Morgan fingerprint density at radius 1 is 1.00 bits per heavy atom. The van der Waals surface area contributed by atoms with E-state index in [0.29, 0.717) is 17.0 Å². The quantitative estimate of drug-likeness (QED) is 0.878. The molecular formula is C18H15FN2O3. The van der Waals surface area contributed by atoms with Crippen molar-refractivity contribution in [2.75, 3.05) is 19.5 Å². The van der Waals surface area contributed by atoms with Crippen LogP contribution < -0.4 is 10.1 Å². The first-order valence-corrected chi connectivity index (χ1v) is 7.25. The number of nitrogens with zero attached hydrogens (tertiary/aromatic N) is 1. The van der Waals surface area contributed by atoms with Crippen LogP contribution in [0.15, 0.2) is 54.2 Å². The summed E-state index contributed by atoms with van der Waals surface area (Å²) in [5.41, 5.74) is 1.37. The van der Waals surface area contributed by atoms with E-state index in [0.717, 1.165) is 4.90 Å². The number of benzene rings is 2. The summed E-state index contributed by atoms with van der Waals surface area (Å²) in [7, 11) is 2.93. The van der Waals surface area contributed by atoms with Crippen LogP contribution in [0.2, 0.25) is 0 Å². The molecule has 1 N–H and O–H groups in total. The molecule has 1 aliphatic rings. The highest BCUT2D eigenvalue weighted by molar-refractivity contribution is 6.36. The number of para-hydroxylation sites is 2. The van der Waals surface area contributed by atoms with E-state index in [9.17, 15) is 14.0 Å². The number of hydrogen-bond donors (Lipinski definition) is 1. The number of methoxy groups -OCH3 is 1. The van der Waals surface area contributed by atoms with E-state index in [1.807, 2.05) is 0 Å². The molecule has 2 aromatic rings. The number of rotatable bonds is 4. The zero-order valence-corrected chi connectivity index (χ0v) is 13.2. The van der Waals surface area contributed by atoms with E-state index in [4.69, 9.17) is 4.74 Å². The molecule has 122 valence electrons. The van der Waals surface area contributed by atoms with Gasteiger partial charge in [0, 0.05) is 7.05 Å². The molecule has 1 heterocycles. The molecule has 6 heteroatoms. The van der Waals surface area contributed by atoms with Crippen molar-refractivity contribution in [1.29, 1.82) is 0 Å². The van der Waals surface area contributed by atoms with E-state index in [2.05, 4.69) is 5.32 Å². The lowest BCUT2D eigenvalue weighted by atomic mass is 10.0. The summed E-state index contributed by atoms with van der Waals surface area (Å²) in [4.78, 5) is 25.9. The summed E-state index contributed by atoms with van der Waals surface area (Å²) < 4.78 is 18.4. The van der Waals surface area contributed by atoms with Crippen LogP contribution in [-0.4, -0.2) is 30.9 Å². The molecule has 24 heavy (non-hydrogen) atoms. The van der Waals surface area contributed by atoms with E-state index in [1.54, 1.807) is 24.3 Å². The second-order valence-corrected chi connectivity index (χ2v) is 5.25. The monoisotopic (exact) mass is 326 g/mol. The van der Waals surface area contributed by atoms with Crippen molar-refractivity contribution in [2.45, 2.75) is 0 Å². The second-order valence-electron chi connectivity index (χ2n) is 5.25. The molecule has 0 spiro atoms. The Bertz CT molecular complexity index is 844. The molecule has 0 aromatic heterocycles. The van der Waals surface area contributed by atoms with Crippen molar-refractivity contribution in [1.82, 2.24) is 4.90 Å². The molecule has 3 rings (SSSR count). The predicted molar refractivity (Wildman–Crippen MR) is 87.7 cm³/mol. The topological polar surface area (TPSA) is 58.6 Å². The first-order valence-electron chi connectivity index (χ1n) is 7.25. The van der Waals surface area contributed by atoms with Gasteiger partial charge >= 0.3 is 0 Å². The minimum absolute atomic E-state index is 0.138. The summed E-state index contributed by atoms with van der Waals surface area (Å²) in [5, 5.41) is 2.98. The summed E-state index contributed by atoms with van der Waals surface area (Å²) >= 11 is 0. The van der Waals surface area contributed by atoms with Crippen molar-refractivity contribution in [2.24, 2.45) is 0 Å². The molecule has 2 aromatic carbocycles. The minimum atomic E-state index is -0.453. The Morgan fingerprint density at radius 2 is 1.67 bits per heavy atom. The molecular weight excluding hydrogens is 311 g/mol. The maximum atomic E-state index is 13.2. The second kappa shape index (κ2) is 6.16. The maximum Gasteiger partial charge on any atom is 0.277 e. The molecule has 2 amide bonds. The normalized spacial score (nSPS) is 14.4. The minimum Gasteiger partial charge on any atom is -0.495 e. The van der Waals surface area contributed by atoms with Crippen LogP contribution in [0, 0.1) is 5.82 Å². The van der Waals surface area contributed by atoms with E-state index >= 15 is 0 Å². The molecule has 0 fully saturated rings. The van der Waals surface area contributed by atoms with Crippen LogP contribution in [0.25, 0.3) is 5.57 Å². The van der Waals surface area contributed by atoms with Crippen molar-refractivity contribution >= 4 is 23.1 Å². The number of ether oxygens (including phenoxy) is 1. The number of amides is 2. The standard InChI is InChI=1S/C18H15FN2O3/c1-21-17(22)15(11-7-9-12(19)10-8-11)16(18(21)23)20-13-5-3-4-6-14(13)24-2/h3-10,20H,1-2H3. The SMILES string of the molecule is COc1ccccc1NC1=C(c2ccc(F)cc2)C(=O)N(C)C1=O. The van der Waals surface area contributed by atoms with Crippen LogP contribution in [0.4, 0.5) is 10.1 Å². The van der Waals surface area contributed by atoms with E-state index < -0.39 is 17.6 Å². The number of likely N-dealkylation sites (N-methyl/N-ethyl adjacent to an activating group) is 1. The van der Waals surface area contributed by atoms with Gasteiger partial charge < -0.3 is 10.1 Å². The van der Waals surface area contributed by atoms with Gasteiger partial charge in [-0.15, -0.1) is 0 Å². The number of anilines is 1. The van der Waals surface area contributed by atoms with Crippen LogP contribution in [0.1, 0.15) is 5.56 Å². The number of carbonyl (C=O) groups excluding carboxylic acids is 2. The van der Waals surface area contributed by atoms with Crippen molar-refractivity contribution in [3.63, 3.8) is 0 Å². The predicted octanol–water partition coefficient (Wildman–Crippen LogP) is 2.66. The molecule has 0 bridgehead atoms. The first kappa shape index (κ1) is 15.7. The van der Waals surface area contributed by atoms with Gasteiger partial charge in [-0.1, -0.05) is 24.3 Å². The van der Waals surface area contributed by atoms with Crippen LogP contribution >= 0.6 is 0 Å². The van der Waals surface area contributed by atoms with Gasteiger partial charge in [0.1, 0.15) is 17.3 Å². The summed E-state index contributed by atoms with van der Waals surface area (Å²) in [5.74, 6) is -0.767. The van der Waals surface area contributed by atoms with Gasteiger partial charge in [-0.2, -0.15) is 0 Å². The smallest absolute Gasteiger partial charge is 0.277 e. The maximum absolute atomic E-state index is 13.2. The van der Waals surface area contributed by atoms with E-state index in [-0.39, 0.29) is 11.3 Å². The lowest BCUT2D eigenvalue weighted by Crippen LogP contribution is -2.27. The average molecular weight is 326 g/mol. The highest BCUT2D eigenvalue weighted by atomic mass is 19.1. The Labute approximate surface area is 138 Å². The number of nitrogens with one attached hydrogen (secondary N) is 1. The average Bonchev–Trinajstić information content (AvgIpc) is 2.80. The van der Waals surface area contributed by atoms with Crippen molar-refractivity contribution in [3.8, 4) is 5.75 Å². The molecule has 1 aliphatic heterocycles. The fourth-order valence-corrected chi connectivity index (χ4v) is 2.52. The third kappa shape index (κ3) is 2.62. The highest BCUT2D eigenvalue weighted by Crippen LogP contribution is 2.32.